The predicted molar refractivity (Wildman–Crippen MR) is 29.8 cm³/mol. The highest BCUT2D eigenvalue weighted by atomic mass is 19.1. The van der Waals surface area contributed by atoms with E-state index in [9.17, 15) is 9.18 Å². The van der Waals surface area contributed by atoms with Gasteiger partial charge in [0.05, 0.1) is 12.6 Å². The van der Waals surface area contributed by atoms with Crippen LogP contribution in [0, 0.1) is 11.8 Å². The topological polar surface area (TPSA) is 37.3 Å². The highest BCUT2D eigenvalue weighted by Gasteiger charge is 2.36. The van der Waals surface area contributed by atoms with Crippen LogP contribution < -0.4 is 0 Å². The number of carboxylic acid groups (broad SMARTS) is 1. The first-order chi connectivity index (χ1) is 4.25. The molecule has 0 unspecified atom stereocenters. The Bertz CT molecular complexity index is 122. The maximum Gasteiger partial charge on any atom is 0.306 e. The quantitative estimate of drug-likeness (QED) is 0.610. The molecule has 0 aromatic rings. The van der Waals surface area contributed by atoms with Crippen LogP contribution in [0.25, 0.3) is 0 Å². The third-order valence-corrected chi connectivity index (χ3v) is 1.93. The van der Waals surface area contributed by atoms with Crippen LogP contribution in [-0.2, 0) is 4.79 Å². The molecule has 1 aliphatic carbocycles. The summed E-state index contributed by atoms with van der Waals surface area (Å²) in [5.74, 6) is -1.43. The van der Waals surface area contributed by atoms with Gasteiger partial charge in [0.2, 0.25) is 0 Å². The van der Waals surface area contributed by atoms with Crippen molar-refractivity contribution in [2.24, 2.45) is 11.8 Å². The van der Waals surface area contributed by atoms with Gasteiger partial charge in [-0.1, -0.05) is 0 Å². The SMILES string of the molecule is O=C(O)[C@@H]1CC[C@@H]1CF. The molecular weight excluding hydrogens is 123 g/mol. The third kappa shape index (κ3) is 1.04. The lowest BCUT2D eigenvalue weighted by atomic mass is 9.74. The molecule has 0 radical (unpaired) electrons. The predicted octanol–water partition coefficient (Wildman–Crippen LogP) is 1.07. The van der Waals surface area contributed by atoms with Crippen LogP contribution in [-0.4, -0.2) is 17.8 Å². The van der Waals surface area contributed by atoms with Crippen LogP contribution >= 0.6 is 0 Å². The average molecular weight is 132 g/mol. The average Bonchev–Trinajstić information content (AvgIpc) is 1.61. The Morgan fingerprint density at radius 2 is 2.33 bits per heavy atom. The minimum absolute atomic E-state index is 0.192. The number of halogens is 1. The van der Waals surface area contributed by atoms with Crippen molar-refractivity contribution < 1.29 is 14.3 Å². The molecule has 1 saturated carbocycles. The highest BCUT2D eigenvalue weighted by Crippen LogP contribution is 2.34. The van der Waals surface area contributed by atoms with Gasteiger partial charge in [-0.25, -0.2) is 0 Å². The number of hydrogen-bond acceptors (Lipinski definition) is 1. The van der Waals surface area contributed by atoms with Crippen molar-refractivity contribution in [1.82, 2.24) is 0 Å². The number of alkyl halides is 1. The zero-order valence-corrected chi connectivity index (χ0v) is 5.01. The monoisotopic (exact) mass is 132 g/mol. The summed E-state index contributed by atoms with van der Waals surface area (Å²) in [5, 5.41) is 8.37. The summed E-state index contributed by atoms with van der Waals surface area (Å²) in [6.07, 6.45) is 1.40. The van der Waals surface area contributed by atoms with Crippen molar-refractivity contribution in [3.8, 4) is 0 Å². The lowest BCUT2D eigenvalue weighted by molar-refractivity contribution is -0.148. The van der Waals surface area contributed by atoms with Crippen molar-refractivity contribution in [3.05, 3.63) is 0 Å². The molecule has 0 spiro atoms. The van der Waals surface area contributed by atoms with Gasteiger partial charge in [-0.3, -0.25) is 9.18 Å². The first-order valence-electron chi connectivity index (χ1n) is 3.04. The fourth-order valence-corrected chi connectivity index (χ4v) is 1.08. The molecule has 1 N–H and O–H groups in total. The molecule has 1 fully saturated rings. The fourth-order valence-electron chi connectivity index (χ4n) is 1.08. The largest absolute Gasteiger partial charge is 0.481 e. The molecule has 1 rings (SSSR count). The Balaban J connectivity index is 2.35. The summed E-state index contributed by atoms with van der Waals surface area (Å²) in [6, 6.07) is 0. The van der Waals surface area contributed by atoms with Gasteiger partial charge < -0.3 is 5.11 Å². The first kappa shape index (κ1) is 6.52. The molecule has 0 saturated heterocycles. The van der Waals surface area contributed by atoms with E-state index in [-0.39, 0.29) is 5.92 Å². The lowest BCUT2D eigenvalue weighted by Gasteiger charge is -2.30. The van der Waals surface area contributed by atoms with Gasteiger partial charge >= 0.3 is 5.97 Å². The van der Waals surface area contributed by atoms with Crippen LogP contribution in [0.1, 0.15) is 12.8 Å². The third-order valence-electron chi connectivity index (χ3n) is 1.93. The molecule has 0 amide bonds. The van der Waals surface area contributed by atoms with E-state index in [0.29, 0.717) is 6.42 Å². The second kappa shape index (κ2) is 2.33. The van der Waals surface area contributed by atoms with E-state index in [1.807, 2.05) is 0 Å². The summed E-state index contributed by atoms with van der Waals surface area (Å²) in [7, 11) is 0. The summed E-state index contributed by atoms with van der Waals surface area (Å²) >= 11 is 0. The molecule has 0 aromatic carbocycles. The normalized spacial score (nSPS) is 33.4. The van der Waals surface area contributed by atoms with Gasteiger partial charge in [-0.2, -0.15) is 0 Å². The van der Waals surface area contributed by atoms with Crippen LogP contribution in [0.15, 0.2) is 0 Å². The molecule has 9 heavy (non-hydrogen) atoms. The van der Waals surface area contributed by atoms with Crippen molar-refractivity contribution in [2.45, 2.75) is 12.8 Å². The van der Waals surface area contributed by atoms with Gasteiger partial charge in [-0.05, 0) is 12.8 Å². The van der Waals surface area contributed by atoms with E-state index in [0.717, 1.165) is 6.42 Å². The molecule has 0 aliphatic heterocycles. The van der Waals surface area contributed by atoms with Gasteiger partial charge in [0.25, 0.3) is 0 Å². The number of hydrogen-bond donors (Lipinski definition) is 1. The Kier molecular flexibility index (Phi) is 1.69. The van der Waals surface area contributed by atoms with E-state index in [4.69, 9.17) is 5.11 Å². The summed E-state index contributed by atoms with van der Waals surface area (Å²) in [5.41, 5.74) is 0. The van der Waals surface area contributed by atoms with Crippen LogP contribution in [0.3, 0.4) is 0 Å². The second-order valence-corrected chi connectivity index (χ2v) is 2.44. The van der Waals surface area contributed by atoms with Crippen molar-refractivity contribution >= 4 is 5.97 Å². The Hall–Kier alpha value is -0.600. The maximum absolute atomic E-state index is 11.8. The van der Waals surface area contributed by atoms with Crippen molar-refractivity contribution in [1.29, 1.82) is 0 Å². The molecule has 2 nitrogen and oxygen atoms in total. The zero-order valence-electron chi connectivity index (χ0n) is 5.01. The molecule has 52 valence electrons. The zero-order chi connectivity index (χ0) is 6.85. The number of aliphatic carboxylic acids is 1. The highest BCUT2D eigenvalue weighted by molar-refractivity contribution is 5.71. The smallest absolute Gasteiger partial charge is 0.306 e. The molecular formula is C6H9FO2. The van der Waals surface area contributed by atoms with Crippen LogP contribution in [0.4, 0.5) is 4.39 Å². The molecule has 0 bridgehead atoms. The van der Waals surface area contributed by atoms with E-state index < -0.39 is 18.6 Å². The Labute approximate surface area is 52.7 Å². The van der Waals surface area contributed by atoms with Crippen LogP contribution in [0.2, 0.25) is 0 Å². The minimum atomic E-state index is -0.844. The molecule has 2 atom stereocenters. The van der Waals surface area contributed by atoms with Gasteiger partial charge in [-0.15, -0.1) is 0 Å². The lowest BCUT2D eigenvalue weighted by Crippen LogP contribution is -2.33. The Morgan fingerprint density at radius 3 is 2.44 bits per heavy atom. The maximum atomic E-state index is 11.8. The van der Waals surface area contributed by atoms with E-state index >= 15 is 0 Å². The number of carbonyl (C=O) groups is 1. The van der Waals surface area contributed by atoms with Crippen molar-refractivity contribution in [2.75, 3.05) is 6.67 Å². The van der Waals surface area contributed by atoms with E-state index in [2.05, 4.69) is 0 Å². The standard InChI is InChI=1S/C6H9FO2/c7-3-4-1-2-5(4)6(8)9/h4-5H,1-3H2,(H,8,9)/t4-,5-/m1/s1. The van der Waals surface area contributed by atoms with Gasteiger partial charge in [0, 0.05) is 5.92 Å². The molecule has 0 aromatic heterocycles. The molecule has 0 heterocycles. The van der Waals surface area contributed by atoms with E-state index in [1.165, 1.54) is 0 Å². The second-order valence-electron chi connectivity index (χ2n) is 2.44. The Morgan fingerprint density at radius 1 is 1.67 bits per heavy atom. The number of rotatable bonds is 2. The fraction of sp³-hybridized carbons (Fsp3) is 0.833. The molecule has 1 aliphatic rings. The van der Waals surface area contributed by atoms with E-state index in [1.54, 1.807) is 0 Å². The molecule has 3 heteroatoms. The summed E-state index contributed by atoms with van der Waals surface area (Å²) in [4.78, 5) is 10.2. The summed E-state index contributed by atoms with van der Waals surface area (Å²) in [6.45, 7) is -0.475. The first-order valence-corrected chi connectivity index (χ1v) is 3.04. The van der Waals surface area contributed by atoms with Gasteiger partial charge in [0.1, 0.15) is 0 Å². The summed E-state index contributed by atoms with van der Waals surface area (Å²) < 4.78 is 11.8. The minimum Gasteiger partial charge on any atom is -0.481 e. The van der Waals surface area contributed by atoms with Gasteiger partial charge in [0.15, 0.2) is 0 Å². The number of carboxylic acids is 1. The van der Waals surface area contributed by atoms with Crippen LogP contribution in [0.5, 0.6) is 0 Å². The van der Waals surface area contributed by atoms with Crippen molar-refractivity contribution in [3.63, 3.8) is 0 Å².